The predicted octanol–water partition coefficient (Wildman–Crippen LogP) is 5.82. The van der Waals surface area contributed by atoms with Crippen LogP contribution in [0, 0.1) is 6.92 Å². The van der Waals surface area contributed by atoms with Gasteiger partial charge in [-0.1, -0.05) is 41.1 Å². The highest BCUT2D eigenvalue weighted by Crippen LogP contribution is 2.33. The van der Waals surface area contributed by atoms with E-state index in [1.165, 1.54) is 24.4 Å². The summed E-state index contributed by atoms with van der Waals surface area (Å²) in [5, 5.41) is 9.37. The third-order valence-electron chi connectivity index (χ3n) is 6.34. The summed E-state index contributed by atoms with van der Waals surface area (Å²) in [6.07, 6.45) is -1.78. The molecular weight excluding hydrogens is 483 g/mol. The number of benzene rings is 3. The number of rotatable bonds is 5. The zero-order chi connectivity index (χ0) is 26.2. The molecule has 37 heavy (non-hydrogen) atoms. The predicted molar refractivity (Wildman–Crippen MR) is 131 cm³/mol. The molecule has 188 valence electrons. The van der Waals surface area contributed by atoms with E-state index in [1.807, 2.05) is 19.1 Å². The van der Waals surface area contributed by atoms with Crippen LogP contribution in [0.1, 0.15) is 43.2 Å². The van der Waals surface area contributed by atoms with Crippen LogP contribution in [0.3, 0.4) is 0 Å². The topological polar surface area (TPSA) is 84.2 Å². The van der Waals surface area contributed by atoms with Gasteiger partial charge in [0.05, 0.1) is 11.8 Å². The summed E-state index contributed by atoms with van der Waals surface area (Å²) in [7, 11) is 0. The van der Waals surface area contributed by atoms with Crippen LogP contribution < -0.4 is 10.6 Å². The lowest BCUT2D eigenvalue weighted by Crippen LogP contribution is -2.35. The van der Waals surface area contributed by atoms with Gasteiger partial charge in [-0.2, -0.15) is 13.2 Å². The molecule has 0 bridgehead atoms. The van der Waals surface area contributed by atoms with Crippen LogP contribution in [-0.2, 0) is 19.0 Å². The van der Waals surface area contributed by atoms with Crippen molar-refractivity contribution in [1.82, 2.24) is 10.5 Å². The lowest BCUT2D eigenvalue weighted by molar-refractivity contribution is -0.137. The van der Waals surface area contributed by atoms with Crippen LogP contribution in [0.4, 0.5) is 18.9 Å². The molecule has 1 aliphatic rings. The SMILES string of the molecule is Cc1ccc(C(=O)Nc2ccc3c(c2)CC(NC(=O)c2ccno2)C3)c(-c2ccc(C(F)(F)F)cc2)c1. The van der Waals surface area contributed by atoms with E-state index in [0.29, 0.717) is 35.2 Å². The molecule has 0 spiro atoms. The fourth-order valence-electron chi connectivity index (χ4n) is 4.52. The van der Waals surface area contributed by atoms with E-state index in [0.717, 1.165) is 28.8 Å². The van der Waals surface area contributed by atoms with Gasteiger partial charge in [-0.3, -0.25) is 9.59 Å². The van der Waals surface area contributed by atoms with Gasteiger partial charge in [0, 0.05) is 23.4 Å². The quantitative estimate of drug-likeness (QED) is 0.358. The molecule has 2 N–H and O–H groups in total. The number of carbonyl (C=O) groups excluding carboxylic acids is 2. The molecule has 1 atom stereocenters. The first-order valence-corrected chi connectivity index (χ1v) is 11.6. The number of nitrogens with one attached hydrogen (secondary N) is 2. The highest BCUT2D eigenvalue weighted by Gasteiger charge is 2.30. The Morgan fingerprint density at radius 2 is 1.68 bits per heavy atom. The number of nitrogens with zero attached hydrogens (tertiary/aromatic N) is 1. The van der Waals surface area contributed by atoms with Crippen LogP contribution in [-0.4, -0.2) is 23.0 Å². The molecule has 0 fully saturated rings. The van der Waals surface area contributed by atoms with Gasteiger partial charge in [0.2, 0.25) is 5.76 Å². The highest BCUT2D eigenvalue weighted by atomic mass is 19.4. The highest BCUT2D eigenvalue weighted by molar-refractivity contribution is 6.08. The summed E-state index contributed by atoms with van der Waals surface area (Å²) in [5.74, 6) is -0.562. The number of amides is 2. The summed E-state index contributed by atoms with van der Waals surface area (Å²) < 4.78 is 43.9. The van der Waals surface area contributed by atoms with Crippen molar-refractivity contribution in [2.45, 2.75) is 32.0 Å². The second-order valence-corrected chi connectivity index (χ2v) is 9.02. The van der Waals surface area contributed by atoms with Crippen molar-refractivity contribution in [1.29, 1.82) is 0 Å². The van der Waals surface area contributed by atoms with Crippen LogP contribution in [0.15, 0.2) is 77.4 Å². The van der Waals surface area contributed by atoms with E-state index >= 15 is 0 Å². The summed E-state index contributed by atoms with van der Waals surface area (Å²) in [6.45, 7) is 1.85. The third kappa shape index (κ3) is 5.25. The fraction of sp³-hybridized carbons (Fsp3) is 0.179. The molecule has 1 aromatic heterocycles. The smallest absolute Gasteiger partial charge is 0.351 e. The Kier molecular flexibility index (Phi) is 6.29. The number of aryl methyl sites for hydroxylation is 1. The minimum atomic E-state index is -4.43. The summed E-state index contributed by atoms with van der Waals surface area (Å²) >= 11 is 0. The summed E-state index contributed by atoms with van der Waals surface area (Å²) in [4.78, 5) is 25.5. The van der Waals surface area contributed by atoms with Gasteiger partial charge in [0.15, 0.2) is 0 Å². The maximum atomic E-state index is 13.2. The average molecular weight is 505 g/mol. The summed E-state index contributed by atoms with van der Waals surface area (Å²) in [5.41, 5.74) is 4.21. The second-order valence-electron chi connectivity index (χ2n) is 9.02. The molecular formula is C28H22F3N3O3. The monoisotopic (exact) mass is 505 g/mol. The van der Waals surface area contributed by atoms with E-state index in [-0.39, 0.29) is 23.6 Å². The maximum Gasteiger partial charge on any atom is 0.416 e. The standard InChI is InChI=1S/C28H22F3N3O3/c1-16-2-9-23(24(12-16)17-3-6-20(7-4-17)28(29,30)31)26(35)33-21-8-5-18-13-22(15-19(18)14-21)34-27(36)25-10-11-32-37-25/h2-12,14,22H,13,15H2,1H3,(H,33,35)(H,34,36). The largest absolute Gasteiger partial charge is 0.416 e. The number of carbonyl (C=O) groups is 2. The molecule has 2 amide bonds. The molecule has 0 aliphatic heterocycles. The van der Waals surface area contributed by atoms with E-state index < -0.39 is 11.7 Å². The Hall–Kier alpha value is -4.40. The number of hydrogen-bond donors (Lipinski definition) is 2. The van der Waals surface area contributed by atoms with Crippen LogP contribution in [0.2, 0.25) is 0 Å². The normalized spacial score (nSPS) is 14.8. The Morgan fingerprint density at radius 1 is 0.919 bits per heavy atom. The molecule has 0 radical (unpaired) electrons. The van der Waals surface area contributed by atoms with Crippen molar-refractivity contribution >= 4 is 17.5 Å². The van der Waals surface area contributed by atoms with Gasteiger partial charge >= 0.3 is 6.18 Å². The molecule has 5 rings (SSSR count). The summed E-state index contributed by atoms with van der Waals surface area (Å²) in [6, 6.07) is 17.0. The minimum absolute atomic E-state index is 0.109. The number of anilines is 1. The Labute approximate surface area is 210 Å². The van der Waals surface area contributed by atoms with E-state index in [4.69, 9.17) is 4.52 Å². The van der Waals surface area contributed by atoms with Crippen molar-refractivity contribution in [3.05, 3.63) is 107 Å². The zero-order valence-corrected chi connectivity index (χ0v) is 19.7. The number of alkyl halides is 3. The second kappa shape index (κ2) is 9.57. The molecule has 1 unspecified atom stereocenters. The van der Waals surface area contributed by atoms with Crippen LogP contribution in [0.5, 0.6) is 0 Å². The van der Waals surface area contributed by atoms with Gasteiger partial charge in [0.1, 0.15) is 0 Å². The maximum absolute atomic E-state index is 13.2. The van der Waals surface area contributed by atoms with Gasteiger partial charge in [0.25, 0.3) is 11.8 Å². The molecule has 1 aliphatic carbocycles. The number of aromatic nitrogens is 1. The van der Waals surface area contributed by atoms with Gasteiger partial charge in [-0.05, 0) is 72.4 Å². The lowest BCUT2D eigenvalue weighted by atomic mass is 9.96. The van der Waals surface area contributed by atoms with Crippen molar-refractivity contribution in [2.24, 2.45) is 0 Å². The van der Waals surface area contributed by atoms with E-state index in [1.54, 1.807) is 24.3 Å². The van der Waals surface area contributed by atoms with Gasteiger partial charge in [-0.25, -0.2) is 0 Å². The molecule has 0 saturated heterocycles. The van der Waals surface area contributed by atoms with Gasteiger partial charge in [-0.15, -0.1) is 0 Å². The first kappa shape index (κ1) is 24.3. The average Bonchev–Trinajstić information content (AvgIpc) is 3.53. The number of hydrogen-bond acceptors (Lipinski definition) is 4. The molecule has 0 saturated carbocycles. The molecule has 1 heterocycles. The molecule has 4 aromatic rings. The van der Waals surface area contributed by atoms with Gasteiger partial charge < -0.3 is 15.2 Å². The fourth-order valence-corrected chi connectivity index (χ4v) is 4.52. The first-order chi connectivity index (χ1) is 17.7. The van der Waals surface area contributed by atoms with Crippen molar-refractivity contribution in [3.63, 3.8) is 0 Å². The number of halogens is 3. The minimum Gasteiger partial charge on any atom is -0.351 e. The van der Waals surface area contributed by atoms with Crippen LogP contribution in [0.25, 0.3) is 11.1 Å². The van der Waals surface area contributed by atoms with Crippen molar-refractivity contribution in [3.8, 4) is 11.1 Å². The molecule has 9 heteroatoms. The molecule has 3 aromatic carbocycles. The zero-order valence-electron chi connectivity index (χ0n) is 19.7. The Balaban J connectivity index is 1.32. The third-order valence-corrected chi connectivity index (χ3v) is 6.34. The first-order valence-electron chi connectivity index (χ1n) is 11.6. The van der Waals surface area contributed by atoms with E-state index in [2.05, 4.69) is 15.8 Å². The van der Waals surface area contributed by atoms with E-state index in [9.17, 15) is 22.8 Å². The van der Waals surface area contributed by atoms with Crippen LogP contribution >= 0.6 is 0 Å². The van der Waals surface area contributed by atoms with Crippen molar-refractivity contribution in [2.75, 3.05) is 5.32 Å². The molecule has 6 nitrogen and oxygen atoms in total. The lowest BCUT2D eigenvalue weighted by Gasteiger charge is -2.13. The number of fused-ring (bicyclic) bond motifs is 1. The Bertz CT molecular complexity index is 1460. The Morgan fingerprint density at radius 3 is 2.38 bits per heavy atom. The van der Waals surface area contributed by atoms with Crippen molar-refractivity contribution < 1.29 is 27.3 Å².